The third-order valence-corrected chi connectivity index (χ3v) is 5.63. The van der Waals surface area contributed by atoms with Gasteiger partial charge in [-0.15, -0.1) is 0 Å². The summed E-state index contributed by atoms with van der Waals surface area (Å²) in [5.74, 6) is -0.304. The molecule has 30 heavy (non-hydrogen) atoms. The van der Waals surface area contributed by atoms with Crippen LogP contribution >= 0.6 is 0 Å². The van der Waals surface area contributed by atoms with Gasteiger partial charge in [-0.1, -0.05) is 6.07 Å². The van der Waals surface area contributed by atoms with Crippen molar-refractivity contribution in [3.05, 3.63) is 65.5 Å². The molecule has 0 unspecified atom stereocenters. The van der Waals surface area contributed by atoms with Crippen molar-refractivity contribution in [3.8, 4) is 16.9 Å². The van der Waals surface area contributed by atoms with E-state index in [2.05, 4.69) is 4.98 Å². The van der Waals surface area contributed by atoms with Crippen LogP contribution in [0.4, 0.5) is 4.39 Å². The highest BCUT2D eigenvalue weighted by Crippen LogP contribution is 2.38. The Bertz CT molecular complexity index is 1080. The van der Waals surface area contributed by atoms with Gasteiger partial charge in [-0.05, 0) is 54.7 Å². The van der Waals surface area contributed by atoms with Crippen LogP contribution in [0.15, 0.2) is 42.9 Å². The average Bonchev–Trinajstić information content (AvgIpc) is 3.35. The van der Waals surface area contributed by atoms with Crippen molar-refractivity contribution in [1.82, 2.24) is 19.7 Å². The second-order valence-corrected chi connectivity index (χ2v) is 7.68. The lowest BCUT2D eigenvalue weighted by molar-refractivity contribution is -0.131. The van der Waals surface area contributed by atoms with Gasteiger partial charge in [0, 0.05) is 37.7 Å². The summed E-state index contributed by atoms with van der Waals surface area (Å²) in [4.78, 5) is 19.2. The fourth-order valence-electron chi connectivity index (χ4n) is 4.18. The molecule has 1 fully saturated rings. The highest BCUT2D eigenvalue weighted by molar-refractivity contribution is 5.80. The van der Waals surface area contributed by atoms with Gasteiger partial charge in [-0.2, -0.15) is 5.10 Å². The van der Waals surface area contributed by atoms with Crippen LogP contribution < -0.4 is 4.74 Å². The van der Waals surface area contributed by atoms with Gasteiger partial charge in [0.25, 0.3) is 0 Å². The quantitative estimate of drug-likeness (QED) is 0.644. The summed E-state index contributed by atoms with van der Waals surface area (Å²) in [5, 5.41) is 4.71. The fraction of sp³-hybridized carbons (Fsp3) is 0.348. The second kappa shape index (κ2) is 8.26. The fourth-order valence-corrected chi connectivity index (χ4v) is 4.18. The van der Waals surface area contributed by atoms with Crippen molar-refractivity contribution in [2.45, 2.75) is 32.2 Å². The van der Waals surface area contributed by atoms with E-state index in [0.717, 1.165) is 35.2 Å². The maximum atomic E-state index is 14.0. The number of halogens is 1. The van der Waals surface area contributed by atoms with Gasteiger partial charge in [0.05, 0.1) is 25.3 Å². The average molecular weight is 408 g/mol. The number of ether oxygens (including phenoxy) is 1. The number of carbonyl (C=O) groups is 1. The predicted molar refractivity (Wildman–Crippen MR) is 112 cm³/mol. The lowest BCUT2D eigenvalue weighted by Gasteiger charge is -2.25. The first-order valence-corrected chi connectivity index (χ1v) is 10.0. The number of likely N-dealkylation sites (tertiary alicyclic amines) is 1. The van der Waals surface area contributed by atoms with Gasteiger partial charge in [-0.3, -0.25) is 14.5 Å². The van der Waals surface area contributed by atoms with Crippen LogP contribution in [-0.4, -0.2) is 39.2 Å². The molecule has 0 aliphatic carbocycles. The van der Waals surface area contributed by atoms with Gasteiger partial charge >= 0.3 is 0 Å². The Morgan fingerprint density at radius 2 is 2.13 bits per heavy atom. The maximum absolute atomic E-state index is 14.0. The van der Waals surface area contributed by atoms with Crippen molar-refractivity contribution in [3.63, 3.8) is 0 Å². The SMILES string of the molecule is COc1ccc(CC(=O)N2CCC[C@H]2c2nn(C)cc2-c2ccncc2C)cc1F. The van der Waals surface area contributed by atoms with Crippen LogP contribution in [0.1, 0.15) is 35.7 Å². The minimum Gasteiger partial charge on any atom is -0.494 e. The van der Waals surface area contributed by atoms with E-state index in [-0.39, 0.29) is 24.1 Å². The molecule has 156 valence electrons. The lowest BCUT2D eigenvalue weighted by atomic mass is 9.98. The molecule has 0 saturated carbocycles. The largest absolute Gasteiger partial charge is 0.494 e. The number of pyridine rings is 1. The smallest absolute Gasteiger partial charge is 0.227 e. The van der Waals surface area contributed by atoms with Gasteiger partial charge in [0.1, 0.15) is 0 Å². The summed E-state index contributed by atoms with van der Waals surface area (Å²) in [6, 6.07) is 6.55. The molecule has 6 nitrogen and oxygen atoms in total. The van der Waals surface area contributed by atoms with Gasteiger partial charge < -0.3 is 9.64 Å². The van der Waals surface area contributed by atoms with Crippen LogP contribution in [0.5, 0.6) is 5.75 Å². The van der Waals surface area contributed by atoms with E-state index in [0.29, 0.717) is 12.1 Å². The molecule has 0 spiro atoms. The zero-order chi connectivity index (χ0) is 21.3. The molecule has 0 bridgehead atoms. The number of carbonyl (C=O) groups excluding carboxylic acids is 1. The Hall–Kier alpha value is -3.22. The maximum Gasteiger partial charge on any atom is 0.227 e. The molecule has 1 saturated heterocycles. The van der Waals surface area contributed by atoms with E-state index in [1.807, 2.05) is 37.3 Å². The summed E-state index contributed by atoms with van der Waals surface area (Å²) in [6.45, 7) is 2.70. The van der Waals surface area contributed by atoms with Crippen LogP contribution in [0.25, 0.3) is 11.1 Å². The molecular weight excluding hydrogens is 383 g/mol. The number of aromatic nitrogens is 3. The van der Waals surface area contributed by atoms with Crippen LogP contribution in [0.3, 0.4) is 0 Å². The van der Waals surface area contributed by atoms with E-state index < -0.39 is 5.82 Å². The van der Waals surface area contributed by atoms with Crippen molar-refractivity contribution < 1.29 is 13.9 Å². The number of amides is 1. The molecule has 1 amide bonds. The molecule has 7 heteroatoms. The van der Waals surface area contributed by atoms with E-state index in [9.17, 15) is 9.18 Å². The molecule has 3 heterocycles. The summed E-state index contributed by atoms with van der Waals surface area (Å²) in [5.41, 5.74) is 4.70. The van der Waals surface area contributed by atoms with E-state index in [1.54, 1.807) is 23.0 Å². The Balaban J connectivity index is 1.61. The highest BCUT2D eigenvalue weighted by Gasteiger charge is 2.33. The molecule has 1 atom stereocenters. The van der Waals surface area contributed by atoms with Crippen molar-refractivity contribution in [2.75, 3.05) is 13.7 Å². The molecular formula is C23H25FN4O2. The van der Waals surface area contributed by atoms with Gasteiger partial charge in [0.2, 0.25) is 5.91 Å². The summed E-state index contributed by atoms with van der Waals surface area (Å²) < 4.78 is 20.8. The first-order valence-electron chi connectivity index (χ1n) is 10.0. The molecule has 0 N–H and O–H groups in total. The molecule has 1 aromatic carbocycles. The standard InChI is InChI=1S/C23H25FN4O2/c1-15-13-25-9-8-17(15)18-14-27(2)26-23(18)20-5-4-10-28(20)22(29)12-16-6-7-21(30-3)19(24)11-16/h6-9,11,13-14,20H,4-5,10,12H2,1-3H3/t20-/m0/s1. The molecule has 2 aromatic heterocycles. The Labute approximate surface area is 175 Å². The summed E-state index contributed by atoms with van der Waals surface area (Å²) in [6.07, 6.45) is 7.53. The number of aryl methyl sites for hydroxylation is 2. The summed E-state index contributed by atoms with van der Waals surface area (Å²) >= 11 is 0. The van der Waals surface area contributed by atoms with Crippen LogP contribution in [0, 0.1) is 12.7 Å². The first kappa shape index (κ1) is 20.1. The molecule has 1 aliphatic heterocycles. The van der Waals surface area contributed by atoms with Crippen molar-refractivity contribution in [2.24, 2.45) is 7.05 Å². The number of rotatable bonds is 5. The number of nitrogens with zero attached hydrogens (tertiary/aromatic N) is 4. The van der Waals surface area contributed by atoms with Crippen molar-refractivity contribution in [1.29, 1.82) is 0 Å². The zero-order valence-electron chi connectivity index (χ0n) is 17.4. The second-order valence-electron chi connectivity index (χ2n) is 7.68. The van der Waals surface area contributed by atoms with E-state index >= 15 is 0 Å². The van der Waals surface area contributed by atoms with Gasteiger partial charge in [0.15, 0.2) is 11.6 Å². The van der Waals surface area contributed by atoms with Crippen molar-refractivity contribution >= 4 is 5.91 Å². The van der Waals surface area contributed by atoms with Crippen LogP contribution in [0.2, 0.25) is 0 Å². The number of benzene rings is 1. The topological polar surface area (TPSA) is 60.2 Å². The monoisotopic (exact) mass is 408 g/mol. The minimum atomic E-state index is -0.457. The third-order valence-electron chi connectivity index (χ3n) is 5.63. The Kier molecular flexibility index (Phi) is 5.53. The molecule has 1 aliphatic rings. The predicted octanol–water partition coefficient (Wildman–Crippen LogP) is 3.84. The van der Waals surface area contributed by atoms with Gasteiger partial charge in [-0.25, -0.2) is 4.39 Å². The molecule has 4 rings (SSSR count). The normalized spacial score (nSPS) is 16.1. The number of methoxy groups -OCH3 is 1. The number of hydrogen-bond donors (Lipinski definition) is 0. The first-order chi connectivity index (χ1) is 14.5. The molecule has 0 radical (unpaired) electrons. The summed E-state index contributed by atoms with van der Waals surface area (Å²) in [7, 11) is 3.32. The molecule has 3 aromatic rings. The van der Waals surface area contributed by atoms with E-state index in [4.69, 9.17) is 9.84 Å². The minimum absolute atomic E-state index is 0.0230. The number of hydrogen-bond acceptors (Lipinski definition) is 4. The Morgan fingerprint density at radius 3 is 2.87 bits per heavy atom. The van der Waals surface area contributed by atoms with Crippen LogP contribution in [-0.2, 0) is 18.3 Å². The zero-order valence-corrected chi connectivity index (χ0v) is 17.4. The lowest BCUT2D eigenvalue weighted by Crippen LogP contribution is -2.32. The highest BCUT2D eigenvalue weighted by atomic mass is 19.1. The Morgan fingerprint density at radius 1 is 1.30 bits per heavy atom. The van der Waals surface area contributed by atoms with E-state index in [1.165, 1.54) is 13.2 Å². The third kappa shape index (κ3) is 3.79.